The number of rotatable bonds is 9. The SMILES string of the molecule is CC(C)(C)OC(=O)C(C)(C)Sc1ccc(CN(Cc2ccco2)c2cc(-c3cccc(Cl)c3)ncn2)cc1. The fraction of sp³-hybridized carbons (Fsp3) is 0.300. The third kappa shape index (κ3) is 7.62. The Morgan fingerprint density at radius 3 is 2.39 bits per heavy atom. The summed E-state index contributed by atoms with van der Waals surface area (Å²) in [6, 6.07) is 21.6. The number of nitrogens with zero attached hydrogens (tertiary/aromatic N) is 3. The third-order valence-electron chi connectivity index (χ3n) is 5.58. The van der Waals surface area contributed by atoms with Gasteiger partial charge in [0.2, 0.25) is 0 Å². The molecule has 0 fully saturated rings. The van der Waals surface area contributed by atoms with Crippen molar-refractivity contribution in [3.05, 3.63) is 95.7 Å². The van der Waals surface area contributed by atoms with Gasteiger partial charge in [0.05, 0.1) is 18.5 Å². The van der Waals surface area contributed by atoms with Crippen molar-refractivity contribution in [1.82, 2.24) is 9.97 Å². The molecule has 0 amide bonds. The van der Waals surface area contributed by atoms with E-state index < -0.39 is 10.3 Å². The van der Waals surface area contributed by atoms with Crippen molar-refractivity contribution in [3.8, 4) is 11.3 Å². The summed E-state index contributed by atoms with van der Waals surface area (Å²) >= 11 is 7.69. The van der Waals surface area contributed by atoms with Crippen LogP contribution in [-0.4, -0.2) is 26.3 Å². The maximum Gasteiger partial charge on any atom is 0.322 e. The first-order valence-electron chi connectivity index (χ1n) is 12.4. The number of carbonyl (C=O) groups is 1. The van der Waals surface area contributed by atoms with Crippen molar-refractivity contribution < 1.29 is 13.9 Å². The molecule has 0 bridgehead atoms. The second-order valence-electron chi connectivity index (χ2n) is 10.5. The van der Waals surface area contributed by atoms with Gasteiger partial charge in [0.15, 0.2) is 0 Å². The number of halogens is 1. The molecule has 2 heterocycles. The molecule has 0 N–H and O–H groups in total. The molecule has 8 heteroatoms. The minimum atomic E-state index is -0.711. The Labute approximate surface area is 233 Å². The molecule has 0 aliphatic rings. The van der Waals surface area contributed by atoms with Crippen LogP contribution in [0.1, 0.15) is 45.9 Å². The highest BCUT2D eigenvalue weighted by molar-refractivity contribution is 8.01. The molecule has 4 aromatic rings. The molecule has 0 unspecified atom stereocenters. The van der Waals surface area contributed by atoms with E-state index in [0.29, 0.717) is 18.1 Å². The van der Waals surface area contributed by atoms with Crippen LogP contribution in [0.15, 0.2) is 88.6 Å². The lowest BCUT2D eigenvalue weighted by atomic mass is 10.1. The van der Waals surface area contributed by atoms with Crippen molar-refractivity contribution in [1.29, 1.82) is 0 Å². The van der Waals surface area contributed by atoms with Gasteiger partial charge in [-0.3, -0.25) is 4.79 Å². The number of anilines is 1. The molecule has 6 nitrogen and oxygen atoms in total. The fourth-order valence-corrected chi connectivity index (χ4v) is 4.93. The van der Waals surface area contributed by atoms with Crippen LogP contribution in [0, 0.1) is 0 Å². The molecule has 0 aliphatic heterocycles. The second kappa shape index (κ2) is 11.6. The summed E-state index contributed by atoms with van der Waals surface area (Å²) < 4.78 is 10.5. The van der Waals surface area contributed by atoms with Gasteiger partial charge in [-0.1, -0.05) is 35.9 Å². The quantitative estimate of drug-likeness (QED) is 0.156. The molecule has 0 saturated heterocycles. The number of hydrogen-bond donors (Lipinski definition) is 0. The van der Waals surface area contributed by atoms with Gasteiger partial charge in [-0.25, -0.2) is 9.97 Å². The van der Waals surface area contributed by atoms with E-state index in [2.05, 4.69) is 27.0 Å². The number of thioether (sulfide) groups is 1. The van der Waals surface area contributed by atoms with E-state index in [9.17, 15) is 4.79 Å². The molecule has 0 spiro atoms. The lowest BCUT2D eigenvalue weighted by molar-refractivity contribution is -0.156. The Balaban J connectivity index is 1.54. The molecule has 2 aromatic heterocycles. The molecule has 0 radical (unpaired) electrons. The van der Waals surface area contributed by atoms with Gasteiger partial charge in [-0.15, -0.1) is 11.8 Å². The predicted octanol–water partition coefficient (Wildman–Crippen LogP) is 7.81. The summed E-state index contributed by atoms with van der Waals surface area (Å²) in [4.78, 5) is 24.8. The molecule has 2 aromatic carbocycles. The normalized spacial score (nSPS) is 11.8. The number of aromatic nitrogens is 2. The van der Waals surface area contributed by atoms with E-state index in [1.807, 2.05) is 89.2 Å². The smallest absolute Gasteiger partial charge is 0.322 e. The van der Waals surface area contributed by atoms with E-state index in [0.717, 1.165) is 33.3 Å². The van der Waals surface area contributed by atoms with Crippen molar-refractivity contribution >= 4 is 35.1 Å². The number of benzene rings is 2. The number of esters is 1. The topological polar surface area (TPSA) is 68.5 Å². The maximum atomic E-state index is 12.7. The van der Waals surface area contributed by atoms with Gasteiger partial charge in [-0.2, -0.15) is 0 Å². The zero-order chi connectivity index (χ0) is 27.3. The predicted molar refractivity (Wildman–Crippen MR) is 153 cm³/mol. The van der Waals surface area contributed by atoms with Gasteiger partial charge in [0, 0.05) is 28.1 Å². The zero-order valence-corrected chi connectivity index (χ0v) is 23.8. The Kier molecular flexibility index (Phi) is 8.48. The number of furan rings is 1. The molecular formula is C30H32ClN3O3S. The van der Waals surface area contributed by atoms with Crippen molar-refractivity contribution in [2.24, 2.45) is 0 Å². The Bertz CT molecular complexity index is 1370. The van der Waals surface area contributed by atoms with Crippen LogP contribution in [0.5, 0.6) is 0 Å². The molecular weight excluding hydrogens is 518 g/mol. The minimum absolute atomic E-state index is 0.233. The zero-order valence-electron chi connectivity index (χ0n) is 22.3. The molecule has 4 rings (SSSR count). The Morgan fingerprint density at radius 2 is 1.74 bits per heavy atom. The highest BCUT2D eigenvalue weighted by Gasteiger charge is 2.33. The summed E-state index contributed by atoms with van der Waals surface area (Å²) in [6.45, 7) is 10.6. The summed E-state index contributed by atoms with van der Waals surface area (Å²) in [6.07, 6.45) is 3.24. The molecule has 38 heavy (non-hydrogen) atoms. The van der Waals surface area contributed by atoms with Gasteiger partial charge in [-0.05, 0) is 76.6 Å². The van der Waals surface area contributed by atoms with Crippen molar-refractivity contribution in [2.45, 2.75) is 63.0 Å². The summed E-state index contributed by atoms with van der Waals surface area (Å²) in [5.41, 5.74) is 2.29. The molecule has 0 atom stereocenters. The standard InChI is InChI=1S/C30H32ClN3O3S/c1-29(2,3)37-28(35)30(4,5)38-25-13-11-21(12-14-25)18-34(19-24-10-7-15-36-24)27-17-26(32-20-33-27)22-8-6-9-23(31)16-22/h6-17,20H,18-19H2,1-5H3. The number of carbonyl (C=O) groups excluding carboxylic acids is 1. The molecule has 0 aliphatic carbocycles. The van der Waals surface area contributed by atoms with E-state index in [1.54, 1.807) is 12.6 Å². The van der Waals surface area contributed by atoms with Crippen LogP contribution < -0.4 is 4.90 Å². The average molecular weight is 550 g/mol. The van der Waals surface area contributed by atoms with Crippen LogP contribution in [0.3, 0.4) is 0 Å². The van der Waals surface area contributed by atoms with E-state index in [-0.39, 0.29) is 5.97 Å². The van der Waals surface area contributed by atoms with Crippen molar-refractivity contribution in [2.75, 3.05) is 4.90 Å². The summed E-state index contributed by atoms with van der Waals surface area (Å²) in [7, 11) is 0. The van der Waals surface area contributed by atoms with Crippen LogP contribution in [0.25, 0.3) is 11.3 Å². The monoisotopic (exact) mass is 549 g/mol. The van der Waals surface area contributed by atoms with Gasteiger partial charge < -0.3 is 14.1 Å². The van der Waals surface area contributed by atoms with E-state index in [1.165, 1.54) is 11.8 Å². The van der Waals surface area contributed by atoms with Gasteiger partial charge >= 0.3 is 5.97 Å². The van der Waals surface area contributed by atoms with Crippen LogP contribution >= 0.6 is 23.4 Å². The fourth-order valence-electron chi connectivity index (χ4n) is 3.75. The first kappa shape index (κ1) is 27.7. The summed E-state index contributed by atoms with van der Waals surface area (Å²) in [5, 5.41) is 0.655. The number of hydrogen-bond acceptors (Lipinski definition) is 7. The van der Waals surface area contributed by atoms with Gasteiger partial charge in [0.25, 0.3) is 0 Å². The second-order valence-corrected chi connectivity index (χ2v) is 12.6. The first-order valence-corrected chi connectivity index (χ1v) is 13.5. The first-order chi connectivity index (χ1) is 18.0. The molecule has 0 saturated carbocycles. The van der Waals surface area contributed by atoms with Crippen LogP contribution in [0.4, 0.5) is 5.82 Å². The van der Waals surface area contributed by atoms with E-state index in [4.69, 9.17) is 20.8 Å². The van der Waals surface area contributed by atoms with Gasteiger partial charge in [0.1, 0.15) is 28.3 Å². The maximum absolute atomic E-state index is 12.7. The van der Waals surface area contributed by atoms with Crippen LogP contribution in [0.2, 0.25) is 5.02 Å². The minimum Gasteiger partial charge on any atom is -0.467 e. The Morgan fingerprint density at radius 1 is 0.974 bits per heavy atom. The Hall–Kier alpha value is -3.29. The highest BCUT2D eigenvalue weighted by Crippen LogP contribution is 2.35. The van der Waals surface area contributed by atoms with Crippen molar-refractivity contribution in [3.63, 3.8) is 0 Å². The third-order valence-corrected chi connectivity index (χ3v) is 7.00. The average Bonchev–Trinajstić information content (AvgIpc) is 3.37. The highest BCUT2D eigenvalue weighted by atomic mass is 35.5. The largest absolute Gasteiger partial charge is 0.467 e. The lowest BCUT2D eigenvalue weighted by Crippen LogP contribution is -2.36. The molecule has 198 valence electrons. The van der Waals surface area contributed by atoms with Crippen LogP contribution in [-0.2, 0) is 22.6 Å². The lowest BCUT2D eigenvalue weighted by Gasteiger charge is -2.28. The number of ether oxygens (including phenoxy) is 1. The summed E-state index contributed by atoms with van der Waals surface area (Å²) in [5.74, 6) is 1.37. The van der Waals surface area contributed by atoms with E-state index >= 15 is 0 Å².